The molecule has 2 aliphatic rings. The Morgan fingerprint density at radius 3 is 2.88 bits per heavy atom. The van der Waals surface area contributed by atoms with E-state index in [1.807, 2.05) is 0 Å². The van der Waals surface area contributed by atoms with Gasteiger partial charge in [0.2, 0.25) is 15.9 Å². The molecule has 1 fully saturated rings. The molecule has 2 atom stereocenters. The molecule has 0 spiro atoms. The first kappa shape index (κ1) is 9.80. The standard InChI is InChI=1S/C10H10N2O3S/c13-10-6-12-5-8(11-10)7-3-1-2-4-9(7)16(12,14)15/h1-4,8H,5-6H2,(H,11,13)/t8-/m0/s1. The smallest absolute Gasteiger partial charge is 0.243 e. The Morgan fingerprint density at radius 1 is 1.31 bits per heavy atom. The Balaban J connectivity index is 2.26. The van der Waals surface area contributed by atoms with E-state index in [0.29, 0.717) is 17.0 Å². The summed E-state index contributed by atoms with van der Waals surface area (Å²) in [5.74, 6) is -0.241. The molecule has 1 saturated heterocycles. The lowest BCUT2D eigenvalue weighted by Gasteiger charge is -2.37. The minimum Gasteiger partial charge on any atom is -0.347 e. The van der Waals surface area contributed by atoms with Crippen LogP contribution in [0.1, 0.15) is 11.6 Å². The van der Waals surface area contributed by atoms with Gasteiger partial charge in [0, 0.05) is 6.54 Å². The van der Waals surface area contributed by atoms with Gasteiger partial charge < -0.3 is 5.32 Å². The van der Waals surface area contributed by atoms with Crippen molar-refractivity contribution >= 4 is 15.9 Å². The lowest BCUT2D eigenvalue weighted by molar-refractivity contribution is -0.124. The number of fused-ring (bicyclic) bond motifs is 4. The molecule has 1 amide bonds. The number of benzene rings is 1. The normalized spacial score (nSPS) is 30.4. The number of piperazine rings is 1. The first-order valence-corrected chi connectivity index (χ1v) is 6.41. The van der Waals surface area contributed by atoms with E-state index >= 15 is 0 Å². The number of amides is 1. The van der Waals surface area contributed by atoms with Crippen molar-refractivity contribution < 1.29 is 13.2 Å². The molecule has 6 heteroatoms. The quantitative estimate of drug-likeness (QED) is 0.684. The van der Waals surface area contributed by atoms with Gasteiger partial charge in [-0.2, -0.15) is 4.31 Å². The monoisotopic (exact) mass is 238 g/mol. The molecule has 5 nitrogen and oxygen atoms in total. The molecular weight excluding hydrogens is 228 g/mol. The summed E-state index contributed by atoms with van der Waals surface area (Å²) in [7, 11) is -3.48. The maximum atomic E-state index is 12.1. The number of nitrogens with zero attached hydrogens (tertiary/aromatic N) is 1. The van der Waals surface area contributed by atoms with Gasteiger partial charge in [0.15, 0.2) is 0 Å². The van der Waals surface area contributed by atoms with Crippen LogP contribution in [0.5, 0.6) is 0 Å². The van der Waals surface area contributed by atoms with Crippen LogP contribution in [-0.4, -0.2) is 31.7 Å². The van der Waals surface area contributed by atoms with Crippen molar-refractivity contribution in [3.63, 3.8) is 0 Å². The van der Waals surface area contributed by atoms with Gasteiger partial charge in [0.25, 0.3) is 0 Å². The number of hydrogen-bond acceptors (Lipinski definition) is 3. The van der Waals surface area contributed by atoms with Gasteiger partial charge >= 0.3 is 0 Å². The molecular formula is C10H10N2O3S. The molecule has 84 valence electrons. The Labute approximate surface area is 93.1 Å². The van der Waals surface area contributed by atoms with E-state index in [-0.39, 0.29) is 18.5 Å². The maximum Gasteiger partial charge on any atom is 0.243 e. The molecule has 3 rings (SSSR count). The number of nitrogens with one attached hydrogen (secondary N) is 1. The van der Waals surface area contributed by atoms with Crippen LogP contribution in [0.2, 0.25) is 0 Å². The summed E-state index contributed by atoms with van der Waals surface area (Å²) in [5, 5.41) is 2.80. The highest BCUT2D eigenvalue weighted by atomic mass is 32.2. The van der Waals surface area contributed by atoms with Crippen LogP contribution in [0.25, 0.3) is 0 Å². The zero-order valence-electron chi connectivity index (χ0n) is 8.38. The zero-order chi connectivity index (χ0) is 11.3. The predicted octanol–water partition coefficient (Wildman–Crippen LogP) is -0.138. The summed E-state index contributed by atoms with van der Waals surface area (Å²) in [6.45, 7) is 0.262. The van der Waals surface area contributed by atoms with Crippen molar-refractivity contribution in [3.8, 4) is 0 Å². The molecule has 1 aromatic carbocycles. The van der Waals surface area contributed by atoms with Crippen molar-refractivity contribution in [1.29, 1.82) is 0 Å². The fraction of sp³-hybridized carbons (Fsp3) is 0.300. The maximum absolute atomic E-state index is 12.1. The van der Waals surface area contributed by atoms with Crippen LogP contribution in [0.15, 0.2) is 29.2 Å². The Hall–Kier alpha value is -1.40. The van der Waals surface area contributed by atoms with E-state index < -0.39 is 10.0 Å². The van der Waals surface area contributed by atoms with E-state index in [2.05, 4.69) is 5.32 Å². The average Bonchev–Trinajstić information content (AvgIpc) is 2.27. The molecule has 16 heavy (non-hydrogen) atoms. The Bertz CT molecular complexity index is 567. The van der Waals surface area contributed by atoms with E-state index in [0.717, 1.165) is 0 Å². The topological polar surface area (TPSA) is 66.5 Å². The van der Waals surface area contributed by atoms with Gasteiger partial charge in [-0.05, 0) is 11.6 Å². The van der Waals surface area contributed by atoms with Crippen LogP contribution >= 0.6 is 0 Å². The number of carbonyl (C=O) groups excluding carboxylic acids is 1. The van der Waals surface area contributed by atoms with Crippen LogP contribution < -0.4 is 5.32 Å². The average molecular weight is 238 g/mol. The molecule has 0 aliphatic carbocycles. The first-order valence-electron chi connectivity index (χ1n) is 4.97. The molecule has 1 N–H and O–H groups in total. The fourth-order valence-electron chi connectivity index (χ4n) is 2.22. The summed E-state index contributed by atoms with van der Waals surface area (Å²) in [4.78, 5) is 11.7. The van der Waals surface area contributed by atoms with Crippen molar-refractivity contribution in [2.45, 2.75) is 10.9 Å². The third kappa shape index (κ3) is 1.20. The van der Waals surface area contributed by atoms with Gasteiger partial charge in [-0.25, -0.2) is 8.42 Å². The number of sulfonamides is 1. The van der Waals surface area contributed by atoms with Crippen LogP contribution in [-0.2, 0) is 14.8 Å². The summed E-state index contributed by atoms with van der Waals surface area (Å²) in [6, 6.07) is 6.61. The van der Waals surface area contributed by atoms with Crippen molar-refractivity contribution in [2.75, 3.05) is 13.1 Å². The highest BCUT2D eigenvalue weighted by molar-refractivity contribution is 7.89. The van der Waals surface area contributed by atoms with Crippen LogP contribution in [0.4, 0.5) is 0 Å². The van der Waals surface area contributed by atoms with Gasteiger partial charge in [-0.15, -0.1) is 0 Å². The second-order valence-corrected chi connectivity index (χ2v) is 5.86. The third-order valence-electron chi connectivity index (χ3n) is 2.95. The van der Waals surface area contributed by atoms with E-state index in [1.165, 1.54) is 4.31 Å². The molecule has 1 unspecified atom stereocenters. The molecule has 2 bridgehead atoms. The van der Waals surface area contributed by atoms with Crippen LogP contribution in [0.3, 0.4) is 0 Å². The van der Waals surface area contributed by atoms with Crippen molar-refractivity contribution in [1.82, 2.24) is 9.62 Å². The van der Waals surface area contributed by atoms with Gasteiger partial charge in [-0.1, -0.05) is 18.2 Å². The van der Waals surface area contributed by atoms with E-state index in [4.69, 9.17) is 0 Å². The third-order valence-corrected chi connectivity index (χ3v) is 4.84. The second kappa shape index (κ2) is 3.05. The minimum atomic E-state index is -3.48. The molecule has 0 saturated carbocycles. The highest BCUT2D eigenvalue weighted by Crippen LogP contribution is 2.33. The lowest BCUT2D eigenvalue weighted by Crippen LogP contribution is -2.54. The minimum absolute atomic E-state index is 0.0762. The molecule has 1 aromatic rings. The summed E-state index contributed by atoms with van der Waals surface area (Å²) in [5.41, 5.74) is 0.687. The SMILES string of the molecule is O=C1CN2C[C@H](N1)c1ccccc1S2(=O)=O. The number of carbonyl (C=O) groups is 1. The number of rotatable bonds is 0. The second-order valence-electron chi connectivity index (χ2n) is 3.96. The predicted molar refractivity (Wildman–Crippen MR) is 56.1 cm³/mol. The molecule has 2 aliphatic heterocycles. The highest BCUT2D eigenvalue weighted by Gasteiger charge is 2.41. The summed E-state index contributed by atoms with van der Waals surface area (Å²) < 4.78 is 25.4. The van der Waals surface area contributed by atoms with Crippen LogP contribution in [0, 0.1) is 0 Å². The molecule has 0 aromatic heterocycles. The van der Waals surface area contributed by atoms with E-state index in [1.54, 1.807) is 24.3 Å². The largest absolute Gasteiger partial charge is 0.347 e. The zero-order valence-corrected chi connectivity index (χ0v) is 9.20. The van der Waals surface area contributed by atoms with E-state index in [9.17, 15) is 13.2 Å². The Kier molecular flexibility index (Phi) is 1.87. The lowest BCUT2D eigenvalue weighted by atomic mass is 10.1. The van der Waals surface area contributed by atoms with Gasteiger partial charge in [-0.3, -0.25) is 4.79 Å². The van der Waals surface area contributed by atoms with Gasteiger partial charge in [0.05, 0.1) is 17.5 Å². The fourth-order valence-corrected chi connectivity index (χ4v) is 3.88. The van der Waals surface area contributed by atoms with Crippen molar-refractivity contribution in [3.05, 3.63) is 29.8 Å². The summed E-state index contributed by atoms with van der Waals surface area (Å²) in [6.07, 6.45) is 0. The number of hydrogen-bond donors (Lipinski definition) is 1. The molecule has 2 heterocycles. The Morgan fingerprint density at radius 2 is 2.06 bits per heavy atom. The first-order chi connectivity index (χ1) is 7.59. The van der Waals surface area contributed by atoms with Crippen molar-refractivity contribution in [2.24, 2.45) is 0 Å². The summed E-state index contributed by atoms with van der Waals surface area (Å²) >= 11 is 0. The van der Waals surface area contributed by atoms with Gasteiger partial charge in [0.1, 0.15) is 0 Å². The molecule has 0 radical (unpaired) electrons.